The molecule has 0 atom stereocenters. The molecule has 0 aliphatic heterocycles. The molecule has 0 fully saturated rings. The van der Waals surface area contributed by atoms with Crippen LogP contribution in [0.4, 0.5) is 0 Å². The van der Waals surface area contributed by atoms with Crippen molar-refractivity contribution in [2.24, 2.45) is 5.41 Å². The smallest absolute Gasteiger partial charge is 0.481 e. The first-order valence-corrected chi connectivity index (χ1v) is 2.18. The summed E-state index contributed by atoms with van der Waals surface area (Å²) in [4.78, 5) is 10.0. The molecular formula is C7H16O2Zr. The van der Waals surface area contributed by atoms with Crippen molar-refractivity contribution >= 4 is 5.97 Å². The Morgan fingerprint density at radius 3 is 1.30 bits per heavy atom. The molecule has 0 saturated carbocycles. The summed E-state index contributed by atoms with van der Waals surface area (Å²) in [5.74, 6) is -0.757. The van der Waals surface area contributed by atoms with E-state index < -0.39 is 11.4 Å². The molecule has 0 amide bonds. The van der Waals surface area contributed by atoms with E-state index in [1.54, 1.807) is 20.8 Å². The molecule has 2 nitrogen and oxygen atoms in total. The molecular weight excluding hydrogens is 207 g/mol. The van der Waals surface area contributed by atoms with Crippen molar-refractivity contribution in [3.05, 3.63) is 14.9 Å². The number of carboxylic acid groups (broad SMARTS) is 1. The molecule has 10 heavy (non-hydrogen) atoms. The van der Waals surface area contributed by atoms with Crippen LogP contribution in [-0.2, 0) is 31.0 Å². The third-order valence-corrected chi connectivity index (χ3v) is 0.642. The molecule has 0 spiro atoms. The Bertz CT molecular complexity index is 84.1. The van der Waals surface area contributed by atoms with Crippen LogP contribution >= 0.6 is 0 Å². The number of rotatable bonds is 0. The van der Waals surface area contributed by atoms with Gasteiger partial charge in [-0.15, -0.1) is 0 Å². The number of aliphatic carboxylic acids is 1. The molecule has 0 radical (unpaired) electrons. The predicted octanol–water partition coefficient (Wildman–Crippen LogP) is 2.02. The van der Waals surface area contributed by atoms with E-state index in [-0.39, 0.29) is 41.1 Å². The van der Waals surface area contributed by atoms with Gasteiger partial charge in [-0.1, -0.05) is 0 Å². The van der Waals surface area contributed by atoms with Gasteiger partial charge in [0.15, 0.2) is 0 Å². The van der Waals surface area contributed by atoms with E-state index in [1.165, 1.54) is 0 Å². The van der Waals surface area contributed by atoms with Gasteiger partial charge in [0.25, 0.3) is 0 Å². The van der Waals surface area contributed by atoms with Crippen molar-refractivity contribution in [2.45, 2.75) is 20.8 Å². The fourth-order valence-corrected chi connectivity index (χ4v) is 0. The van der Waals surface area contributed by atoms with Crippen LogP contribution in [0, 0.1) is 20.3 Å². The number of hydrogen-bond donors (Lipinski definition) is 1. The maximum atomic E-state index is 10.0. The molecule has 0 aliphatic carbocycles. The van der Waals surface area contributed by atoms with Crippen LogP contribution in [0.25, 0.3) is 0 Å². The Morgan fingerprint density at radius 2 is 1.30 bits per heavy atom. The van der Waals surface area contributed by atoms with Crippen LogP contribution in [0.1, 0.15) is 20.8 Å². The largest absolute Gasteiger partial charge is 2.00 e. The van der Waals surface area contributed by atoms with Crippen molar-refractivity contribution in [1.82, 2.24) is 0 Å². The van der Waals surface area contributed by atoms with E-state index >= 15 is 0 Å². The molecule has 0 aromatic rings. The Balaban J connectivity index is -0.0000000600. The minimum atomic E-state index is -0.757. The summed E-state index contributed by atoms with van der Waals surface area (Å²) < 4.78 is 0. The standard InChI is InChI=1S/C5H10O2.2CH3.Zr/c1-5(2,3)4(6)7;;;/h1-3H3,(H,6,7);2*1H3;/q;2*-1;+2. The Kier molecular flexibility index (Phi) is 16.7. The first-order valence-electron chi connectivity index (χ1n) is 2.18. The third-order valence-electron chi connectivity index (χ3n) is 0.642. The minimum absolute atomic E-state index is 0. The third kappa shape index (κ3) is 11.2. The summed E-state index contributed by atoms with van der Waals surface area (Å²) in [6.07, 6.45) is 0. The van der Waals surface area contributed by atoms with Crippen LogP contribution in [0.2, 0.25) is 0 Å². The van der Waals surface area contributed by atoms with Crippen molar-refractivity contribution in [2.75, 3.05) is 0 Å². The second-order valence-corrected chi connectivity index (χ2v) is 2.56. The zero-order valence-electron chi connectivity index (χ0n) is 7.36. The number of carbonyl (C=O) groups is 1. The summed E-state index contributed by atoms with van der Waals surface area (Å²) in [6.45, 7) is 4.99. The van der Waals surface area contributed by atoms with Gasteiger partial charge in [0.2, 0.25) is 0 Å². The van der Waals surface area contributed by atoms with E-state index in [0.717, 1.165) is 0 Å². The normalized spacial score (nSPS) is 7.90. The van der Waals surface area contributed by atoms with Crippen LogP contribution < -0.4 is 0 Å². The maximum absolute atomic E-state index is 10.0. The van der Waals surface area contributed by atoms with Gasteiger partial charge in [0.05, 0.1) is 5.41 Å². The van der Waals surface area contributed by atoms with Crippen molar-refractivity contribution < 1.29 is 36.1 Å². The van der Waals surface area contributed by atoms with E-state index in [2.05, 4.69) is 0 Å². The van der Waals surface area contributed by atoms with E-state index in [4.69, 9.17) is 5.11 Å². The number of carboxylic acids is 1. The van der Waals surface area contributed by atoms with Gasteiger partial charge in [0.1, 0.15) is 0 Å². The molecule has 0 aromatic carbocycles. The minimum Gasteiger partial charge on any atom is -0.481 e. The molecule has 0 heterocycles. The molecule has 0 saturated heterocycles. The van der Waals surface area contributed by atoms with Gasteiger partial charge in [-0.25, -0.2) is 0 Å². The van der Waals surface area contributed by atoms with Gasteiger partial charge < -0.3 is 20.0 Å². The fourth-order valence-electron chi connectivity index (χ4n) is 0. The Hall–Kier alpha value is 0.353. The van der Waals surface area contributed by atoms with Crippen molar-refractivity contribution in [1.29, 1.82) is 0 Å². The summed E-state index contributed by atoms with van der Waals surface area (Å²) in [5, 5.41) is 8.25. The summed E-state index contributed by atoms with van der Waals surface area (Å²) in [5.41, 5.74) is -0.583. The molecule has 0 rings (SSSR count). The Labute approximate surface area is 83.1 Å². The zero-order chi connectivity index (χ0) is 6.08. The molecule has 1 N–H and O–H groups in total. The quantitative estimate of drug-likeness (QED) is 0.638. The van der Waals surface area contributed by atoms with Crippen LogP contribution in [0.15, 0.2) is 0 Å². The van der Waals surface area contributed by atoms with Crippen LogP contribution in [-0.4, -0.2) is 11.1 Å². The van der Waals surface area contributed by atoms with E-state index in [1.807, 2.05) is 0 Å². The average Bonchev–Trinajstić information content (AvgIpc) is 1.31. The molecule has 0 aliphatic rings. The zero-order valence-corrected chi connectivity index (χ0v) is 9.81. The summed E-state index contributed by atoms with van der Waals surface area (Å²) >= 11 is 0. The molecule has 0 unspecified atom stereocenters. The molecule has 3 heteroatoms. The monoisotopic (exact) mass is 222 g/mol. The fraction of sp³-hybridized carbons (Fsp3) is 0.571. The second-order valence-electron chi connectivity index (χ2n) is 2.56. The molecule has 0 bridgehead atoms. The van der Waals surface area contributed by atoms with E-state index in [0.29, 0.717) is 0 Å². The predicted molar refractivity (Wildman–Crippen MR) is 39.9 cm³/mol. The van der Waals surface area contributed by atoms with Gasteiger partial charge in [-0.2, -0.15) is 0 Å². The van der Waals surface area contributed by atoms with Crippen LogP contribution in [0.5, 0.6) is 0 Å². The summed E-state index contributed by atoms with van der Waals surface area (Å²) in [7, 11) is 0. The van der Waals surface area contributed by atoms with Crippen molar-refractivity contribution in [3.8, 4) is 0 Å². The van der Waals surface area contributed by atoms with Crippen LogP contribution in [0.3, 0.4) is 0 Å². The summed E-state index contributed by atoms with van der Waals surface area (Å²) in [6, 6.07) is 0. The molecule has 0 aromatic heterocycles. The number of hydrogen-bond acceptors (Lipinski definition) is 1. The van der Waals surface area contributed by atoms with Gasteiger partial charge in [-0.05, 0) is 20.8 Å². The van der Waals surface area contributed by atoms with Gasteiger partial charge >= 0.3 is 32.2 Å². The first-order chi connectivity index (χ1) is 2.94. The Morgan fingerprint density at radius 1 is 1.20 bits per heavy atom. The first kappa shape index (κ1) is 22.4. The van der Waals surface area contributed by atoms with Crippen molar-refractivity contribution in [3.63, 3.8) is 0 Å². The molecule has 60 valence electrons. The second kappa shape index (κ2) is 7.46. The van der Waals surface area contributed by atoms with Gasteiger partial charge in [-0.3, -0.25) is 4.79 Å². The van der Waals surface area contributed by atoms with E-state index in [9.17, 15) is 4.79 Å². The topological polar surface area (TPSA) is 37.3 Å². The maximum Gasteiger partial charge on any atom is 2.00 e. The SMILES string of the molecule is CC(C)(C)C(=O)O.[CH3-].[CH3-].[Zr+2]. The van der Waals surface area contributed by atoms with Gasteiger partial charge in [0, 0.05) is 0 Å². The average molecular weight is 223 g/mol.